The van der Waals surface area contributed by atoms with Crippen molar-refractivity contribution in [2.75, 3.05) is 4.90 Å². The molecule has 0 amide bonds. The topological polar surface area (TPSA) is 8.17 Å². The number of aryl methyl sites for hydroxylation is 1. The standard InChI is InChI=1S/C42H36N2/c1-2-3-13-34-24-28-41-39(30-34)40-31-38(27-29-42(40)44(41)36-18-11-6-12-19-36)43(35-16-9-5-10-17-35)37-25-22-33(23-26-37)21-20-32-14-7-4-8-15-32/h4-12,14-31H,2-3,13H2,1H3. The molecule has 0 aliphatic heterocycles. The van der Waals surface area contributed by atoms with E-state index in [9.17, 15) is 0 Å². The molecule has 0 saturated heterocycles. The van der Waals surface area contributed by atoms with Gasteiger partial charge in [-0.25, -0.2) is 0 Å². The molecule has 1 heterocycles. The number of unbranched alkanes of at least 4 members (excludes halogenated alkanes) is 1. The molecule has 7 rings (SSSR count). The van der Waals surface area contributed by atoms with Crippen LogP contribution in [0.2, 0.25) is 0 Å². The third-order valence-corrected chi connectivity index (χ3v) is 8.34. The average Bonchev–Trinajstić information content (AvgIpc) is 3.41. The molecule has 2 nitrogen and oxygen atoms in total. The number of hydrogen-bond donors (Lipinski definition) is 0. The van der Waals surface area contributed by atoms with Crippen LogP contribution in [0, 0.1) is 0 Å². The zero-order valence-corrected chi connectivity index (χ0v) is 25.1. The van der Waals surface area contributed by atoms with Crippen LogP contribution >= 0.6 is 0 Å². The second kappa shape index (κ2) is 12.5. The van der Waals surface area contributed by atoms with Crippen molar-refractivity contribution >= 4 is 51.0 Å². The maximum Gasteiger partial charge on any atom is 0.0542 e. The van der Waals surface area contributed by atoms with Gasteiger partial charge in [-0.05, 0) is 96.3 Å². The summed E-state index contributed by atoms with van der Waals surface area (Å²) in [6, 6.07) is 54.6. The van der Waals surface area contributed by atoms with E-state index in [2.05, 4.69) is 174 Å². The summed E-state index contributed by atoms with van der Waals surface area (Å²) in [6.45, 7) is 2.26. The lowest BCUT2D eigenvalue weighted by Crippen LogP contribution is -2.09. The molecule has 0 aliphatic rings. The number of nitrogens with zero attached hydrogens (tertiary/aromatic N) is 2. The number of rotatable bonds is 9. The highest BCUT2D eigenvalue weighted by Gasteiger charge is 2.17. The molecule has 1 aromatic heterocycles. The molecule has 0 aliphatic carbocycles. The summed E-state index contributed by atoms with van der Waals surface area (Å²) in [7, 11) is 0. The summed E-state index contributed by atoms with van der Waals surface area (Å²) in [5.41, 5.74) is 10.8. The molecule has 0 bridgehead atoms. The van der Waals surface area contributed by atoms with E-state index < -0.39 is 0 Å². The number of aromatic nitrogens is 1. The first-order valence-electron chi connectivity index (χ1n) is 15.6. The van der Waals surface area contributed by atoms with Crippen molar-refractivity contribution in [3.63, 3.8) is 0 Å². The lowest BCUT2D eigenvalue weighted by molar-refractivity contribution is 0.796. The van der Waals surface area contributed by atoms with Crippen LogP contribution in [0.25, 0.3) is 39.6 Å². The van der Waals surface area contributed by atoms with E-state index >= 15 is 0 Å². The van der Waals surface area contributed by atoms with Crippen molar-refractivity contribution in [2.45, 2.75) is 26.2 Å². The maximum atomic E-state index is 2.41. The van der Waals surface area contributed by atoms with Gasteiger partial charge in [0, 0.05) is 33.5 Å². The van der Waals surface area contributed by atoms with Crippen molar-refractivity contribution in [1.82, 2.24) is 4.57 Å². The molecule has 6 aromatic carbocycles. The van der Waals surface area contributed by atoms with Gasteiger partial charge in [0.25, 0.3) is 0 Å². The quantitative estimate of drug-likeness (QED) is 0.157. The van der Waals surface area contributed by atoms with Crippen LogP contribution in [0.15, 0.2) is 152 Å². The predicted molar refractivity (Wildman–Crippen MR) is 189 cm³/mol. The summed E-state index contributed by atoms with van der Waals surface area (Å²) < 4.78 is 2.40. The molecule has 2 heteroatoms. The summed E-state index contributed by atoms with van der Waals surface area (Å²) in [4.78, 5) is 2.36. The van der Waals surface area contributed by atoms with Crippen LogP contribution in [0.3, 0.4) is 0 Å². The minimum Gasteiger partial charge on any atom is -0.310 e. The molecule has 0 radical (unpaired) electrons. The Labute approximate surface area is 260 Å². The first kappa shape index (κ1) is 27.5. The summed E-state index contributed by atoms with van der Waals surface area (Å²) >= 11 is 0. The fraction of sp³-hybridized carbons (Fsp3) is 0.0952. The van der Waals surface area contributed by atoms with E-state index in [0.29, 0.717) is 0 Å². The Bertz CT molecular complexity index is 2020. The van der Waals surface area contributed by atoms with Gasteiger partial charge in [-0.15, -0.1) is 0 Å². The van der Waals surface area contributed by atoms with E-state index in [4.69, 9.17) is 0 Å². The Kier molecular flexibility index (Phi) is 7.80. The average molecular weight is 569 g/mol. The van der Waals surface area contributed by atoms with Crippen LogP contribution in [0.5, 0.6) is 0 Å². The zero-order chi connectivity index (χ0) is 29.7. The van der Waals surface area contributed by atoms with Crippen molar-refractivity contribution in [3.8, 4) is 5.69 Å². The number of anilines is 3. The van der Waals surface area contributed by atoms with Crippen LogP contribution in [0.4, 0.5) is 17.1 Å². The number of para-hydroxylation sites is 2. The third-order valence-electron chi connectivity index (χ3n) is 8.34. The molecule has 0 spiro atoms. The van der Waals surface area contributed by atoms with E-state index in [1.54, 1.807) is 0 Å². The molecular formula is C42H36N2. The molecule has 0 atom stereocenters. The van der Waals surface area contributed by atoms with Crippen LogP contribution < -0.4 is 4.90 Å². The van der Waals surface area contributed by atoms with Gasteiger partial charge < -0.3 is 9.47 Å². The van der Waals surface area contributed by atoms with Crippen molar-refractivity contribution < 1.29 is 0 Å². The van der Waals surface area contributed by atoms with E-state index in [-0.39, 0.29) is 0 Å². The normalized spacial score (nSPS) is 11.5. The Morgan fingerprint density at radius 2 is 1.07 bits per heavy atom. The van der Waals surface area contributed by atoms with Crippen LogP contribution in [-0.2, 0) is 6.42 Å². The first-order valence-corrected chi connectivity index (χ1v) is 15.6. The first-order chi connectivity index (χ1) is 21.8. The van der Waals surface area contributed by atoms with E-state index in [0.717, 1.165) is 23.5 Å². The Balaban J connectivity index is 1.35. The fourth-order valence-electron chi connectivity index (χ4n) is 6.10. The Morgan fingerprint density at radius 1 is 0.523 bits per heavy atom. The number of fused-ring (bicyclic) bond motifs is 3. The molecule has 44 heavy (non-hydrogen) atoms. The molecule has 0 N–H and O–H groups in total. The lowest BCUT2D eigenvalue weighted by atomic mass is 10.0. The second-order valence-corrected chi connectivity index (χ2v) is 11.3. The van der Waals surface area contributed by atoms with Gasteiger partial charge in [-0.1, -0.05) is 110 Å². The largest absolute Gasteiger partial charge is 0.310 e. The molecule has 0 saturated carbocycles. The van der Waals surface area contributed by atoms with Crippen LogP contribution in [0.1, 0.15) is 36.5 Å². The van der Waals surface area contributed by atoms with Gasteiger partial charge in [0.2, 0.25) is 0 Å². The van der Waals surface area contributed by atoms with Crippen molar-refractivity contribution in [1.29, 1.82) is 0 Å². The number of benzene rings is 6. The Morgan fingerprint density at radius 3 is 1.75 bits per heavy atom. The zero-order valence-electron chi connectivity index (χ0n) is 25.1. The van der Waals surface area contributed by atoms with Gasteiger partial charge in [0.05, 0.1) is 11.0 Å². The van der Waals surface area contributed by atoms with Gasteiger partial charge >= 0.3 is 0 Å². The highest BCUT2D eigenvalue weighted by molar-refractivity contribution is 6.11. The predicted octanol–water partition coefficient (Wildman–Crippen LogP) is 11.8. The summed E-state index contributed by atoms with van der Waals surface area (Å²) in [5.74, 6) is 0. The molecular weight excluding hydrogens is 532 g/mol. The molecule has 0 fully saturated rings. The van der Waals surface area contributed by atoms with E-state index in [1.807, 2.05) is 6.07 Å². The minimum atomic E-state index is 1.10. The van der Waals surface area contributed by atoms with Crippen molar-refractivity contribution in [2.24, 2.45) is 0 Å². The van der Waals surface area contributed by atoms with Crippen molar-refractivity contribution in [3.05, 3.63) is 168 Å². The maximum absolute atomic E-state index is 2.41. The fourth-order valence-corrected chi connectivity index (χ4v) is 6.10. The SMILES string of the molecule is CCCCc1ccc2c(c1)c1cc(N(c3ccccc3)c3ccc(C=Cc4ccccc4)cc3)ccc1n2-c1ccccc1. The van der Waals surface area contributed by atoms with Crippen LogP contribution in [-0.4, -0.2) is 4.57 Å². The van der Waals surface area contributed by atoms with Gasteiger partial charge in [0.1, 0.15) is 0 Å². The highest BCUT2D eigenvalue weighted by Crippen LogP contribution is 2.40. The minimum absolute atomic E-state index is 1.10. The highest BCUT2D eigenvalue weighted by atomic mass is 15.1. The number of hydrogen-bond acceptors (Lipinski definition) is 1. The molecule has 214 valence electrons. The van der Waals surface area contributed by atoms with Gasteiger partial charge in [0.15, 0.2) is 0 Å². The summed E-state index contributed by atoms with van der Waals surface area (Å²) in [6.07, 6.45) is 7.83. The lowest BCUT2D eigenvalue weighted by Gasteiger charge is -2.25. The second-order valence-electron chi connectivity index (χ2n) is 11.3. The Hall–Kier alpha value is -5.34. The van der Waals surface area contributed by atoms with E-state index in [1.165, 1.54) is 57.0 Å². The molecule has 7 aromatic rings. The summed E-state index contributed by atoms with van der Waals surface area (Å²) in [5, 5.41) is 2.57. The monoisotopic (exact) mass is 568 g/mol. The van der Waals surface area contributed by atoms with Gasteiger partial charge in [-0.3, -0.25) is 0 Å². The smallest absolute Gasteiger partial charge is 0.0542 e. The molecule has 0 unspecified atom stereocenters. The van der Waals surface area contributed by atoms with Gasteiger partial charge in [-0.2, -0.15) is 0 Å². The third kappa shape index (κ3) is 5.55.